The summed E-state index contributed by atoms with van der Waals surface area (Å²) < 4.78 is 0. The maximum atomic E-state index is 11.6. The van der Waals surface area contributed by atoms with Gasteiger partial charge in [0.15, 0.2) is 0 Å². The van der Waals surface area contributed by atoms with Crippen molar-refractivity contribution in [1.29, 1.82) is 0 Å². The Morgan fingerprint density at radius 3 is 2.93 bits per heavy atom. The highest BCUT2D eigenvalue weighted by Crippen LogP contribution is 2.12. The van der Waals surface area contributed by atoms with Crippen molar-refractivity contribution in [3.63, 3.8) is 0 Å². The highest BCUT2D eigenvalue weighted by Gasteiger charge is 2.27. The molecule has 1 amide bonds. The molecule has 0 saturated carbocycles. The van der Waals surface area contributed by atoms with Crippen LogP contribution in [0.3, 0.4) is 0 Å². The third-order valence-corrected chi connectivity index (χ3v) is 2.67. The van der Waals surface area contributed by atoms with E-state index in [1.165, 1.54) is 0 Å². The van der Waals surface area contributed by atoms with Crippen LogP contribution in [0.25, 0.3) is 0 Å². The van der Waals surface area contributed by atoms with Crippen LogP contribution in [0, 0.1) is 0 Å². The van der Waals surface area contributed by atoms with Crippen LogP contribution in [0.5, 0.6) is 0 Å². The number of rotatable bonds is 4. The Bertz CT molecular complexity index is 197. The van der Waals surface area contributed by atoms with Crippen LogP contribution in [-0.2, 0) is 4.79 Å². The minimum atomic E-state index is -0.253. The van der Waals surface area contributed by atoms with Gasteiger partial charge in [-0.25, -0.2) is 0 Å². The van der Waals surface area contributed by atoms with Gasteiger partial charge in [-0.3, -0.25) is 9.69 Å². The van der Waals surface area contributed by atoms with Crippen LogP contribution in [-0.4, -0.2) is 47.7 Å². The number of hydrogen-bond acceptors (Lipinski definition) is 3. The number of hydrogen-bond donors (Lipinski definition) is 2. The van der Waals surface area contributed by atoms with Gasteiger partial charge in [-0.1, -0.05) is 6.92 Å². The number of β-amino-alcohol motifs (C(OH)–C–C–N with tert-alkyl or cyclic N) is 1. The Labute approximate surface area is 85.3 Å². The SMILES string of the molecule is CCCNC(=O)C(C)N1CC[C@H](O)C1. The van der Waals surface area contributed by atoms with Crippen LogP contribution in [0.1, 0.15) is 26.7 Å². The first kappa shape index (κ1) is 11.5. The molecule has 1 aliphatic heterocycles. The molecule has 0 aliphatic carbocycles. The number of aliphatic hydroxyl groups is 1. The zero-order valence-corrected chi connectivity index (χ0v) is 8.99. The second kappa shape index (κ2) is 5.32. The van der Waals surface area contributed by atoms with Crippen molar-refractivity contribution in [1.82, 2.24) is 10.2 Å². The van der Waals surface area contributed by atoms with Gasteiger partial charge in [0.2, 0.25) is 5.91 Å². The maximum Gasteiger partial charge on any atom is 0.237 e. The second-order valence-corrected chi connectivity index (χ2v) is 3.90. The van der Waals surface area contributed by atoms with Crippen molar-refractivity contribution in [2.75, 3.05) is 19.6 Å². The molecule has 0 aromatic heterocycles. The van der Waals surface area contributed by atoms with E-state index in [1.807, 2.05) is 18.7 Å². The van der Waals surface area contributed by atoms with E-state index in [9.17, 15) is 9.90 Å². The molecule has 1 unspecified atom stereocenters. The molecule has 0 bridgehead atoms. The van der Waals surface area contributed by atoms with Crippen molar-refractivity contribution in [2.45, 2.75) is 38.8 Å². The zero-order valence-electron chi connectivity index (χ0n) is 8.99. The molecule has 0 aromatic rings. The molecule has 14 heavy (non-hydrogen) atoms. The van der Waals surface area contributed by atoms with E-state index in [-0.39, 0.29) is 18.1 Å². The van der Waals surface area contributed by atoms with E-state index in [0.717, 1.165) is 25.9 Å². The number of nitrogens with zero attached hydrogens (tertiary/aromatic N) is 1. The van der Waals surface area contributed by atoms with Gasteiger partial charge < -0.3 is 10.4 Å². The lowest BCUT2D eigenvalue weighted by Gasteiger charge is -2.22. The number of amides is 1. The summed E-state index contributed by atoms with van der Waals surface area (Å²) in [6.07, 6.45) is 1.49. The minimum absolute atomic E-state index is 0.0703. The van der Waals surface area contributed by atoms with Crippen LogP contribution >= 0.6 is 0 Å². The third-order valence-electron chi connectivity index (χ3n) is 2.67. The number of aliphatic hydroxyl groups excluding tert-OH is 1. The molecular weight excluding hydrogens is 180 g/mol. The summed E-state index contributed by atoms with van der Waals surface area (Å²) in [5.74, 6) is 0.0703. The smallest absolute Gasteiger partial charge is 0.237 e. The quantitative estimate of drug-likeness (QED) is 0.670. The first-order valence-corrected chi connectivity index (χ1v) is 5.35. The predicted molar refractivity (Wildman–Crippen MR) is 55.0 cm³/mol. The molecule has 1 rings (SSSR count). The van der Waals surface area contributed by atoms with Crippen molar-refractivity contribution in [3.8, 4) is 0 Å². The van der Waals surface area contributed by atoms with Gasteiger partial charge in [-0.2, -0.15) is 0 Å². The summed E-state index contributed by atoms with van der Waals surface area (Å²) >= 11 is 0. The lowest BCUT2D eigenvalue weighted by molar-refractivity contribution is -0.125. The van der Waals surface area contributed by atoms with Crippen LogP contribution < -0.4 is 5.32 Å². The summed E-state index contributed by atoms with van der Waals surface area (Å²) in [4.78, 5) is 13.6. The van der Waals surface area contributed by atoms with Crippen LogP contribution in [0.4, 0.5) is 0 Å². The van der Waals surface area contributed by atoms with Gasteiger partial charge >= 0.3 is 0 Å². The number of likely N-dealkylation sites (tertiary alicyclic amines) is 1. The Hall–Kier alpha value is -0.610. The average Bonchev–Trinajstić information content (AvgIpc) is 2.60. The van der Waals surface area contributed by atoms with Gasteiger partial charge in [0.05, 0.1) is 12.1 Å². The molecule has 4 nitrogen and oxygen atoms in total. The molecule has 1 fully saturated rings. The summed E-state index contributed by atoms with van der Waals surface area (Å²) in [7, 11) is 0. The number of carbonyl (C=O) groups excluding carboxylic acids is 1. The zero-order chi connectivity index (χ0) is 10.6. The van der Waals surface area contributed by atoms with Gasteiger partial charge in [0.1, 0.15) is 0 Å². The first-order chi connectivity index (χ1) is 6.65. The number of carbonyl (C=O) groups is 1. The monoisotopic (exact) mass is 200 g/mol. The topological polar surface area (TPSA) is 52.6 Å². The van der Waals surface area contributed by atoms with Gasteiger partial charge in [0, 0.05) is 19.6 Å². The van der Waals surface area contributed by atoms with E-state index in [1.54, 1.807) is 0 Å². The standard InChI is InChI=1S/C10H20N2O2/c1-3-5-11-10(14)8(2)12-6-4-9(13)7-12/h8-9,13H,3-7H2,1-2H3,(H,11,14)/t8?,9-/m0/s1. The summed E-state index contributed by atoms with van der Waals surface area (Å²) in [5.41, 5.74) is 0. The molecule has 2 atom stereocenters. The lowest BCUT2D eigenvalue weighted by Crippen LogP contribution is -2.44. The second-order valence-electron chi connectivity index (χ2n) is 3.90. The first-order valence-electron chi connectivity index (χ1n) is 5.35. The van der Waals surface area contributed by atoms with E-state index in [0.29, 0.717) is 6.54 Å². The Morgan fingerprint density at radius 1 is 1.71 bits per heavy atom. The Morgan fingerprint density at radius 2 is 2.43 bits per heavy atom. The minimum Gasteiger partial charge on any atom is -0.392 e. The van der Waals surface area contributed by atoms with Crippen LogP contribution in [0.2, 0.25) is 0 Å². The van der Waals surface area contributed by atoms with Crippen molar-refractivity contribution < 1.29 is 9.90 Å². The summed E-state index contributed by atoms with van der Waals surface area (Å²) in [6.45, 7) is 6.11. The molecule has 2 N–H and O–H groups in total. The Balaban J connectivity index is 2.32. The largest absolute Gasteiger partial charge is 0.392 e. The predicted octanol–water partition coefficient (Wildman–Crippen LogP) is -0.0323. The molecule has 1 aliphatic rings. The summed E-state index contributed by atoms with van der Waals surface area (Å²) in [6, 6.07) is -0.112. The van der Waals surface area contributed by atoms with Gasteiger partial charge in [-0.15, -0.1) is 0 Å². The highest BCUT2D eigenvalue weighted by molar-refractivity contribution is 5.81. The molecule has 82 valence electrons. The fourth-order valence-corrected chi connectivity index (χ4v) is 1.68. The molecule has 0 radical (unpaired) electrons. The van der Waals surface area contributed by atoms with E-state index in [4.69, 9.17) is 0 Å². The number of nitrogens with one attached hydrogen (secondary N) is 1. The van der Waals surface area contributed by atoms with Crippen molar-refractivity contribution in [2.24, 2.45) is 0 Å². The van der Waals surface area contributed by atoms with Crippen molar-refractivity contribution >= 4 is 5.91 Å². The highest BCUT2D eigenvalue weighted by atomic mass is 16.3. The van der Waals surface area contributed by atoms with Crippen LogP contribution in [0.15, 0.2) is 0 Å². The van der Waals surface area contributed by atoms with E-state index < -0.39 is 0 Å². The normalized spacial score (nSPS) is 24.9. The summed E-state index contributed by atoms with van der Waals surface area (Å²) in [5, 5.41) is 12.2. The molecule has 0 aromatic carbocycles. The van der Waals surface area contributed by atoms with E-state index >= 15 is 0 Å². The van der Waals surface area contributed by atoms with E-state index in [2.05, 4.69) is 5.32 Å². The molecule has 4 heteroatoms. The lowest BCUT2D eigenvalue weighted by atomic mass is 10.2. The van der Waals surface area contributed by atoms with Gasteiger partial charge in [0.25, 0.3) is 0 Å². The molecule has 1 heterocycles. The van der Waals surface area contributed by atoms with Crippen molar-refractivity contribution in [3.05, 3.63) is 0 Å². The fourth-order valence-electron chi connectivity index (χ4n) is 1.68. The van der Waals surface area contributed by atoms with Gasteiger partial charge in [-0.05, 0) is 19.8 Å². The average molecular weight is 200 g/mol. The molecule has 0 spiro atoms. The third kappa shape index (κ3) is 2.96. The fraction of sp³-hybridized carbons (Fsp3) is 0.900. The maximum absolute atomic E-state index is 11.6. The molecule has 1 saturated heterocycles. The molecular formula is C10H20N2O2. The Kier molecular flexibility index (Phi) is 4.35.